The van der Waals surface area contributed by atoms with Gasteiger partial charge in [-0.3, -0.25) is 4.98 Å². The summed E-state index contributed by atoms with van der Waals surface area (Å²) in [6.45, 7) is -0.952. The van der Waals surface area contributed by atoms with Crippen LogP contribution in [0.15, 0.2) is 18.5 Å². The normalized spacial score (nSPS) is 9.38. The highest BCUT2D eigenvalue weighted by molar-refractivity contribution is 5.89. The van der Waals surface area contributed by atoms with Gasteiger partial charge in [-0.25, -0.2) is 9.18 Å². The Labute approximate surface area is 74.3 Å². The molecule has 0 radical (unpaired) electrons. The lowest BCUT2D eigenvalue weighted by atomic mass is 10.3. The maximum atomic E-state index is 11.7. The molecule has 0 amide bonds. The van der Waals surface area contributed by atoms with E-state index in [0.717, 1.165) is 0 Å². The van der Waals surface area contributed by atoms with Crippen molar-refractivity contribution in [1.29, 1.82) is 0 Å². The summed E-state index contributed by atoms with van der Waals surface area (Å²) in [6.07, 6.45) is 2.63. The van der Waals surface area contributed by atoms with Crippen LogP contribution in [-0.2, 0) is 4.74 Å². The summed E-state index contributed by atoms with van der Waals surface area (Å²) in [6, 6.07) is 1.36. The number of pyridine rings is 1. The summed E-state index contributed by atoms with van der Waals surface area (Å²) in [4.78, 5) is 14.6. The predicted octanol–water partition coefficient (Wildman–Crippen LogP) is 1.17. The average Bonchev–Trinajstić information content (AvgIpc) is 2.18. The van der Waals surface area contributed by atoms with E-state index in [1.165, 1.54) is 25.6 Å². The van der Waals surface area contributed by atoms with Gasteiger partial charge in [-0.05, 0) is 6.07 Å². The van der Waals surface area contributed by atoms with E-state index in [1.54, 1.807) is 0 Å². The third kappa shape index (κ3) is 2.40. The minimum Gasteiger partial charge on any atom is -0.465 e. The van der Waals surface area contributed by atoms with Gasteiger partial charge >= 0.3 is 5.97 Å². The molecule has 4 nitrogen and oxygen atoms in total. The molecule has 0 spiro atoms. The topological polar surface area (TPSA) is 48.4 Å². The van der Waals surface area contributed by atoms with Crippen molar-refractivity contribution in [2.45, 2.75) is 0 Å². The number of esters is 1. The van der Waals surface area contributed by atoms with Crippen LogP contribution in [0.5, 0.6) is 5.75 Å². The first-order valence-corrected chi connectivity index (χ1v) is 3.50. The van der Waals surface area contributed by atoms with Crippen LogP contribution in [0.4, 0.5) is 4.39 Å². The summed E-state index contributed by atoms with van der Waals surface area (Å²) in [7, 11) is 1.25. The van der Waals surface area contributed by atoms with Crippen LogP contribution >= 0.6 is 0 Å². The van der Waals surface area contributed by atoms with Crippen LogP contribution < -0.4 is 4.74 Å². The number of hydrogen-bond donors (Lipinski definition) is 0. The standard InChI is InChI=1S/C8H8FNO3/c1-12-8(11)6-2-7(13-5-9)4-10-3-6/h2-4H,5H2,1H3. The molecule has 1 heterocycles. The number of rotatable bonds is 3. The Morgan fingerprint density at radius 3 is 3.00 bits per heavy atom. The van der Waals surface area contributed by atoms with Gasteiger partial charge in [0.15, 0.2) is 0 Å². The van der Waals surface area contributed by atoms with E-state index in [-0.39, 0.29) is 11.3 Å². The second-order valence-electron chi connectivity index (χ2n) is 2.15. The molecule has 1 rings (SSSR count). The van der Waals surface area contributed by atoms with E-state index in [4.69, 9.17) is 0 Å². The molecule has 0 aliphatic carbocycles. The monoisotopic (exact) mass is 185 g/mol. The Hall–Kier alpha value is -1.65. The van der Waals surface area contributed by atoms with Gasteiger partial charge < -0.3 is 9.47 Å². The molecule has 70 valence electrons. The van der Waals surface area contributed by atoms with Gasteiger partial charge in [0.05, 0.1) is 18.9 Å². The van der Waals surface area contributed by atoms with Gasteiger partial charge in [0.2, 0.25) is 6.86 Å². The third-order valence-corrected chi connectivity index (χ3v) is 1.36. The second kappa shape index (κ2) is 4.39. The first kappa shape index (κ1) is 9.44. The zero-order chi connectivity index (χ0) is 9.68. The van der Waals surface area contributed by atoms with Crippen LogP contribution in [-0.4, -0.2) is 24.9 Å². The zero-order valence-corrected chi connectivity index (χ0v) is 6.99. The number of halogens is 1. The van der Waals surface area contributed by atoms with E-state index in [2.05, 4.69) is 14.5 Å². The van der Waals surface area contributed by atoms with Crippen molar-refractivity contribution in [3.05, 3.63) is 24.0 Å². The maximum absolute atomic E-state index is 11.7. The Balaban J connectivity index is 2.85. The molecule has 0 bridgehead atoms. The summed E-state index contributed by atoms with van der Waals surface area (Å²) in [5.74, 6) is -0.331. The van der Waals surface area contributed by atoms with E-state index in [9.17, 15) is 9.18 Å². The molecule has 0 aliphatic rings. The van der Waals surface area contributed by atoms with Crippen molar-refractivity contribution in [3.63, 3.8) is 0 Å². The Bertz CT molecular complexity index is 303. The molecule has 0 fully saturated rings. The molecule has 1 aromatic heterocycles. The van der Waals surface area contributed by atoms with Gasteiger partial charge in [0, 0.05) is 6.20 Å². The fraction of sp³-hybridized carbons (Fsp3) is 0.250. The summed E-state index contributed by atoms with van der Waals surface area (Å²) in [5.41, 5.74) is 0.230. The summed E-state index contributed by atoms with van der Waals surface area (Å²) in [5, 5.41) is 0. The van der Waals surface area contributed by atoms with Crippen LogP contribution in [0.1, 0.15) is 10.4 Å². The molecule has 5 heteroatoms. The van der Waals surface area contributed by atoms with Crippen molar-refractivity contribution >= 4 is 5.97 Å². The Morgan fingerprint density at radius 1 is 1.62 bits per heavy atom. The number of nitrogens with zero attached hydrogens (tertiary/aromatic N) is 1. The fourth-order valence-corrected chi connectivity index (χ4v) is 0.790. The molecule has 13 heavy (non-hydrogen) atoms. The maximum Gasteiger partial charge on any atom is 0.339 e. The molecule has 1 aromatic rings. The van der Waals surface area contributed by atoms with Crippen molar-refractivity contribution in [1.82, 2.24) is 4.98 Å². The van der Waals surface area contributed by atoms with E-state index in [0.29, 0.717) is 0 Å². The lowest BCUT2D eigenvalue weighted by molar-refractivity contribution is 0.0599. The number of ether oxygens (including phenoxy) is 2. The Morgan fingerprint density at radius 2 is 2.38 bits per heavy atom. The fourth-order valence-electron chi connectivity index (χ4n) is 0.790. The molecule has 0 unspecified atom stereocenters. The summed E-state index contributed by atoms with van der Waals surface area (Å²) >= 11 is 0. The van der Waals surface area contributed by atoms with E-state index >= 15 is 0 Å². The molecule has 0 atom stereocenters. The van der Waals surface area contributed by atoms with Crippen molar-refractivity contribution < 1.29 is 18.7 Å². The van der Waals surface area contributed by atoms with Crippen LogP contribution in [0.2, 0.25) is 0 Å². The predicted molar refractivity (Wildman–Crippen MR) is 42.2 cm³/mol. The molecule has 0 aliphatic heterocycles. The van der Waals surface area contributed by atoms with Gasteiger partial charge in [0.1, 0.15) is 5.75 Å². The lowest BCUT2D eigenvalue weighted by Gasteiger charge is -2.02. The van der Waals surface area contributed by atoms with Gasteiger partial charge in [-0.2, -0.15) is 0 Å². The highest BCUT2D eigenvalue weighted by atomic mass is 19.1. The molecule has 0 aromatic carbocycles. The average molecular weight is 185 g/mol. The molecule has 0 saturated carbocycles. The molecular weight excluding hydrogens is 177 g/mol. The minimum absolute atomic E-state index is 0.199. The second-order valence-corrected chi connectivity index (χ2v) is 2.15. The minimum atomic E-state index is -0.952. The van der Waals surface area contributed by atoms with Gasteiger partial charge in [-0.1, -0.05) is 0 Å². The summed E-state index contributed by atoms with van der Waals surface area (Å²) < 4.78 is 20.7. The van der Waals surface area contributed by atoms with E-state index < -0.39 is 12.8 Å². The van der Waals surface area contributed by atoms with Crippen LogP contribution in [0.25, 0.3) is 0 Å². The highest BCUT2D eigenvalue weighted by Crippen LogP contribution is 2.11. The van der Waals surface area contributed by atoms with Gasteiger partial charge in [0.25, 0.3) is 0 Å². The SMILES string of the molecule is COC(=O)c1cncc(OCF)c1. The number of hydrogen-bond acceptors (Lipinski definition) is 4. The van der Waals surface area contributed by atoms with Crippen molar-refractivity contribution in [2.24, 2.45) is 0 Å². The molecule has 0 saturated heterocycles. The number of methoxy groups -OCH3 is 1. The third-order valence-electron chi connectivity index (χ3n) is 1.36. The lowest BCUT2D eigenvalue weighted by Crippen LogP contribution is -2.02. The van der Waals surface area contributed by atoms with E-state index in [1.807, 2.05) is 0 Å². The smallest absolute Gasteiger partial charge is 0.339 e. The number of carbonyl (C=O) groups excluding carboxylic acids is 1. The van der Waals surface area contributed by atoms with Crippen LogP contribution in [0.3, 0.4) is 0 Å². The zero-order valence-electron chi connectivity index (χ0n) is 6.99. The largest absolute Gasteiger partial charge is 0.465 e. The highest BCUT2D eigenvalue weighted by Gasteiger charge is 2.06. The van der Waals surface area contributed by atoms with Gasteiger partial charge in [-0.15, -0.1) is 0 Å². The number of carbonyl (C=O) groups is 1. The quantitative estimate of drug-likeness (QED) is 0.663. The van der Waals surface area contributed by atoms with Crippen molar-refractivity contribution in [3.8, 4) is 5.75 Å². The first-order valence-electron chi connectivity index (χ1n) is 3.50. The molecular formula is C8H8FNO3. The Kier molecular flexibility index (Phi) is 3.19. The van der Waals surface area contributed by atoms with Crippen LogP contribution in [0, 0.1) is 0 Å². The number of alkyl halides is 1. The van der Waals surface area contributed by atoms with Crippen molar-refractivity contribution in [2.75, 3.05) is 14.0 Å². The molecule has 0 N–H and O–H groups in total. The number of aromatic nitrogens is 1. The first-order chi connectivity index (χ1) is 6.27.